The molecule has 192 valence electrons. The van der Waals surface area contributed by atoms with Gasteiger partial charge in [-0.1, -0.05) is 44.2 Å². The van der Waals surface area contributed by atoms with E-state index in [1.54, 1.807) is 24.3 Å². The summed E-state index contributed by atoms with van der Waals surface area (Å²) in [5.74, 6) is -1.90. The molecule has 0 fully saturated rings. The predicted molar refractivity (Wildman–Crippen MR) is 128 cm³/mol. The van der Waals surface area contributed by atoms with Gasteiger partial charge in [-0.25, -0.2) is 9.59 Å². The summed E-state index contributed by atoms with van der Waals surface area (Å²) in [4.78, 5) is 58.7. The van der Waals surface area contributed by atoms with Gasteiger partial charge in [0, 0.05) is 12.1 Å². The number of non-ortho nitro benzene ring substituents is 1. The smallest absolute Gasteiger partial charge is 0.407 e. The van der Waals surface area contributed by atoms with E-state index in [2.05, 4.69) is 16.0 Å². The van der Waals surface area contributed by atoms with Crippen LogP contribution in [0, 0.1) is 16.0 Å². The SMILES string of the molecule is CC(C)C[C@H](NC(=O)CNC(=O)CNC(=O)OCc1ccccc1)C(=O)Oc1ccc([N+](=O)[O-])cc1. The van der Waals surface area contributed by atoms with Crippen LogP contribution in [0.5, 0.6) is 5.75 Å². The number of nitro benzene ring substituents is 1. The lowest BCUT2D eigenvalue weighted by atomic mass is 10.0. The Bertz CT molecular complexity index is 1060. The predicted octanol–water partition coefficient (Wildman–Crippen LogP) is 2.07. The lowest BCUT2D eigenvalue weighted by Crippen LogP contribution is -2.48. The molecule has 0 aromatic heterocycles. The van der Waals surface area contributed by atoms with Crippen LogP contribution in [0.4, 0.5) is 10.5 Å². The number of alkyl carbamates (subject to hydrolysis) is 1. The molecular weight excluding hydrogens is 472 g/mol. The fraction of sp³-hybridized carbons (Fsp3) is 0.333. The van der Waals surface area contributed by atoms with E-state index in [0.717, 1.165) is 5.56 Å². The lowest BCUT2D eigenvalue weighted by Gasteiger charge is -2.19. The third kappa shape index (κ3) is 10.2. The molecule has 1 atom stereocenters. The molecule has 0 aliphatic heterocycles. The first-order valence-electron chi connectivity index (χ1n) is 11.1. The number of carbonyl (C=O) groups is 4. The molecule has 0 spiro atoms. The molecule has 0 aliphatic carbocycles. The van der Waals surface area contributed by atoms with Crippen molar-refractivity contribution in [3.8, 4) is 5.75 Å². The van der Waals surface area contributed by atoms with Gasteiger partial charge in [-0.2, -0.15) is 0 Å². The number of rotatable bonds is 12. The quantitative estimate of drug-likeness (QED) is 0.172. The van der Waals surface area contributed by atoms with E-state index in [0.29, 0.717) is 0 Å². The second-order valence-corrected chi connectivity index (χ2v) is 8.11. The van der Waals surface area contributed by atoms with Gasteiger partial charge in [-0.05, 0) is 30.0 Å². The molecule has 12 heteroatoms. The van der Waals surface area contributed by atoms with Crippen LogP contribution < -0.4 is 20.7 Å². The summed E-state index contributed by atoms with van der Waals surface area (Å²) in [5, 5.41) is 17.9. The third-order valence-electron chi connectivity index (χ3n) is 4.64. The van der Waals surface area contributed by atoms with Crippen LogP contribution in [-0.4, -0.2) is 47.9 Å². The normalized spacial score (nSPS) is 11.2. The Labute approximate surface area is 207 Å². The third-order valence-corrected chi connectivity index (χ3v) is 4.64. The highest BCUT2D eigenvalue weighted by atomic mass is 16.6. The lowest BCUT2D eigenvalue weighted by molar-refractivity contribution is -0.384. The Morgan fingerprint density at radius 2 is 1.56 bits per heavy atom. The molecule has 0 heterocycles. The van der Waals surface area contributed by atoms with Crippen molar-refractivity contribution in [2.45, 2.75) is 32.9 Å². The molecule has 0 aliphatic rings. The second kappa shape index (κ2) is 14.0. The van der Waals surface area contributed by atoms with Gasteiger partial charge < -0.3 is 25.4 Å². The molecule has 0 radical (unpaired) electrons. The molecule has 2 rings (SSSR count). The Kier molecular flexibility index (Phi) is 10.8. The first-order chi connectivity index (χ1) is 17.1. The van der Waals surface area contributed by atoms with E-state index < -0.39 is 47.9 Å². The standard InChI is InChI=1S/C24H28N4O8/c1-16(2)12-20(23(31)36-19-10-8-18(9-11-19)28(33)34)27-22(30)14-25-21(29)13-26-24(32)35-15-17-6-4-3-5-7-17/h3-11,16,20H,12-15H2,1-2H3,(H,25,29)(H,26,32)(H,27,30)/t20-/m0/s1. The molecule has 0 saturated heterocycles. The molecule has 0 bridgehead atoms. The maximum absolute atomic E-state index is 12.6. The first-order valence-corrected chi connectivity index (χ1v) is 11.1. The van der Waals surface area contributed by atoms with Crippen LogP contribution in [0.1, 0.15) is 25.8 Å². The van der Waals surface area contributed by atoms with Gasteiger partial charge in [0.05, 0.1) is 11.5 Å². The number of nitrogens with zero attached hydrogens (tertiary/aromatic N) is 1. The van der Waals surface area contributed by atoms with Gasteiger partial charge >= 0.3 is 12.1 Å². The number of hydrogen-bond donors (Lipinski definition) is 3. The molecule has 0 saturated carbocycles. The fourth-order valence-electron chi connectivity index (χ4n) is 2.92. The van der Waals surface area contributed by atoms with Crippen molar-refractivity contribution in [1.29, 1.82) is 0 Å². The van der Waals surface area contributed by atoms with Gasteiger partial charge in [0.2, 0.25) is 11.8 Å². The van der Waals surface area contributed by atoms with Crippen LogP contribution >= 0.6 is 0 Å². The van der Waals surface area contributed by atoms with E-state index in [9.17, 15) is 29.3 Å². The first kappa shape index (κ1) is 27.8. The molecule has 12 nitrogen and oxygen atoms in total. The topological polar surface area (TPSA) is 166 Å². The minimum atomic E-state index is -1.00. The molecule has 3 amide bonds. The summed E-state index contributed by atoms with van der Waals surface area (Å²) in [7, 11) is 0. The summed E-state index contributed by atoms with van der Waals surface area (Å²) in [6, 6.07) is 12.9. The summed E-state index contributed by atoms with van der Waals surface area (Å²) >= 11 is 0. The number of ether oxygens (including phenoxy) is 2. The van der Waals surface area contributed by atoms with Gasteiger partial charge in [0.1, 0.15) is 24.9 Å². The van der Waals surface area contributed by atoms with Crippen LogP contribution in [0.3, 0.4) is 0 Å². The van der Waals surface area contributed by atoms with E-state index >= 15 is 0 Å². The van der Waals surface area contributed by atoms with Crippen molar-refractivity contribution in [3.63, 3.8) is 0 Å². The Morgan fingerprint density at radius 3 is 2.17 bits per heavy atom. The molecule has 3 N–H and O–H groups in total. The Balaban J connectivity index is 1.77. The monoisotopic (exact) mass is 500 g/mol. The van der Waals surface area contributed by atoms with Crippen molar-refractivity contribution in [2.75, 3.05) is 13.1 Å². The van der Waals surface area contributed by atoms with Crippen molar-refractivity contribution in [3.05, 3.63) is 70.3 Å². The van der Waals surface area contributed by atoms with Gasteiger partial charge in [0.25, 0.3) is 5.69 Å². The molecule has 2 aromatic rings. The van der Waals surface area contributed by atoms with Gasteiger partial charge in [-0.15, -0.1) is 0 Å². The number of esters is 1. The summed E-state index contributed by atoms with van der Waals surface area (Å²) in [6.45, 7) is 2.91. The van der Waals surface area contributed by atoms with Crippen LogP contribution in [0.15, 0.2) is 54.6 Å². The highest BCUT2D eigenvalue weighted by molar-refractivity contribution is 5.90. The average molecular weight is 501 g/mol. The zero-order valence-electron chi connectivity index (χ0n) is 19.9. The zero-order chi connectivity index (χ0) is 26.5. The Morgan fingerprint density at radius 1 is 0.917 bits per heavy atom. The zero-order valence-corrected chi connectivity index (χ0v) is 19.9. The molecule has 2 aromatic carbocycles. The minimum absolute atomic E-state index is 0.0281. The maximum atomic E-state index is 12.6. The number of nitrogens with one attached hydrogen (secondary N) is 3. The minimum Gasteiger partial charge on any atom is -0.445 e. The fourth-order valence-corrected chi connectivity index (χ4v) is 2.92. The van der Waals surface area contributed by atoms with Crippen LogP contribution in [0.25, 0.3) is 0 Å². The number of benzene rings is 2. The van der Waals surface area contributed by atoms with Gasteiger partial charge in [0.15, 0.2) is 0 Å². The van der Waals surface area contributed by atoms with Crippen molar-refractivity contribution >= 4 is 29.6 Å². The second-order valence-electron chi connectivity index (χ2n) is 8.11. The van der Waals surface area contributed by atoms with Crippen LogP contribution in [-0.2, 0) is 25.7 Å². The summed E-state index contributed by atoms with van der Waals surface area (Å²) in [6.07, 6.45) is -0.523. The highest BCUT2D eigenvalue weighted by Gasteiger charge is 2.24. The summed E-state index contributed by atoms with van der Waals surface area (Å²) < 4.78 is 10.2. The van der Waals surface area contributed by atoms with E-state index in [4.69, 9.17) is 9.47 Å². The van der Waals surface area contributed by atoms with Crippen LogP contribution in [0.2, 0.25) is 0 Å². The van der Waals surface area contributed by atoms with Crippen molar-refractivity contribution in [2.24, 2.45) is 5.92 Å². The largest absolute Gasteiger partial charge is 0.445 e. The van der Waals surface area contributed by atoms with E-state index in [1.165, 1.54) is 24.3 Å². The maximum Gasteiger partial charge on any atom is 0.407 e. The van der Waals surface area contributed by atoms with E-state index in [-0.39, 0.29) is 30.4 Å². The average Bonchev–Trinajstić information content (AvgIpc) is 2.85. The Hall–Kier alpha value is -4.48. The molecular formula is C24H28N4O8. The number of hydrogen-bond acceptors (Lipinski definition) is 8. The molecule has 36 heavy (non-hydrogen) atoms. The molecule has 0 unspecified atom stereocenters. The number of carbonyl (C=O) groups excluding carboxylic acids is 4. The number of amides is 3. The van der Waals surface area contributed by atoms with Gasteiger partial charge in [-0.3, -0.25) is 19.7 Å². The number of nitro groups is 1. The van der Waals surface area contributed by atoms with E-state index in [1.807, 2.05) is 19.9 Å². The highest BCUT2D eigenvalue weighted by Crippen LogP contribution is 2.18. The van der Waals surface area contributed by atoms with Crippen molar-refractivity contribution < 1.29 is 33.6 Å². The summed E-state index contributed by atoms with van der Waals surface area (Å²) in [5.41, 5.74) is 0.633. The van der Waals surface area contributed by atoms with Crippen molar-refractivity contribution in [1.82, 2.24) is 16.0 Å².